The van der Waals surface area contributed by atoms with Crippen LogP contribution in [0.5, 0.6) is 5.75 Å². The number of aliphatic hydroxyl groups is 1. The van der Waals surface area contributed by atoms with Crippen molar-refractivity contribution in [2.24, 2.45) is 0 Å². The zero-order valence-corrected chi connectivity index (χ0v) is 9.91. The minimum atomic E-state index is -2.84. The zero-order chi connectivity index (χ0) is 12.9. The lowest BCUT2D eigenvalue weighted by molar-refractivity contribution is -0.0493. The van der Waals surface area contributed by atoms with E-state index in [1.165, 1.54) is 6.07 Å². The monoisotopic (exact) mass is 245 g/mol. The highest BCUT2D eigenvalue weighted by Crippen LogP contribution is 2.25. The molecule has 5 heteroatoms. The van der Waals surface area contributed by atoms with E-state index < -0.39 is 12.2 Å². The smallest absolute Gasteiger partial charge is 0.387 e. The number of hydrogen-bond donors (Lipinski definition) is 2. The van der Waals surface area contributed by atoms with Crippen molar-refractivity contribution < 1.29 is 18.6 Å². The van der Waals surface area contributed by atoms with Crippen LogP contribution >= 0.6 is 0 Å². The molecule has 17 heavy (non-hydrogen) atoms. The highest BCUT2D eigenvalue weighted by molar-refractivity contribution is 5.56. The average molecular weight is 245 g/mol. The van der Waals surface area contributed by atoms with Crippen molar-refractivity contribution in [3.8, 4) is 5.75 Å². The Kier molecular flexibility index (Phi) is 4.69. The lowest BCUT2D eigenvalue weighted by atomic mass is 10.1. The molecule has 3 nitrogen and oxygen atoms in total. The number of alkyl halides is 2. The Morgan fingerprint density at radius 2 is 2.00 bits per heavy atom. The fourth-order valence-electron chi connectivity index (χ4n) is 1.31. The van der Waals surface area contributed by atoms with Crippen molar-refractivity contribution >= 4 is 5.69 Å². The number of anilines is 1. The first-order valence-electron chi connectivity index (χ1n) is 5.38. The maximum absolute atomic E-state index is 12.1. The van der Waals surface area contributed by atoms with Gasteiger partial charge in [0.2, 0.25) is 0 Å². The van der Waals surface area contributed by atoms with Crippen molar-refractivity contribution in [2.45, 2.75) is 32.5 Å². The van der Waals surface area contributed by atoms with E-state index in [1.807, 2.05) is 0 Å². The molecule has 0 amide bonds. The molecule has 1 aromatic rings. The fraction of sp³-hybridized carbons (Fsp3) is 0.500. The Bertz CT molecular complexity index is 351. The predicted octanol–water partition coefficient (Wildman–Crippen LogP) is 2.86. The van der Waals surface area contributed by atoms with Gasteiger partial charge in [0, 0.05) is 6.54 Å². The van der Waals surface area contributed by atoms with Crippen LogP contribution in [0.25, 0.3) is 0 Å². The molecular weight excluding hydrogens is 228 g/mol. The maximum atomic E-state index is 12.1. The van der Waals surface area contributed by atoms with Crippen LogP contribution in [0.4, 0.5) is 14.5 Å². The summed E-state index contributed by atoms with van der Waals surface area (Å²) in [6.45, 7) is 1.02. The van der Waals surface area contributed by atoms with Gasteiger partial charge in [0.05, 0.1) is 11.3 Å². The average Bonchev–Trinajstić information content (AvgIpc) is 2.18. The zero-order valence-electron chi connectivity index (χ0n) is 9.91. The van der Waals surface area contributed by atoms with E-state index in [1.54, 1.807) is 32.0 Å². The normalized spacial score (nSPS) is 11.6. The van der Waals surface area contributed by atoms with E-state index in [0.717, 1.165) is 0 Å². The molecule has 0 bridgehead atoms. The number of nitrogens with one attached hydrogen (secondary N) is 1. The molecule has 2 N–H and O–H groups in total. The number of halogens is 2. The third-order valence-electron chi connectivity index (χ3n) is 2.16. The molecule has 0 saturated heterocycles. The van der Waals surface area contributed by atoms with Crippen LogP contribution in [0.2, 0.25) is 0 Å². The highest BCUT2D eigenvalue weighted by Gasteiger charge is 2.13. The molecule has 0 radical (unpaired) electrons. The third kappa shape index (κ3) is 5.49. The van der Waals surface area contributed by atoms with Gasteiger partial charge in [0.1, 0.15) is 5.75 Å². The Morgan fingerprint density at radius 3 is 2.59 bits per heavy atom. The van der Waals surface area contributed by atoms with Gasteiger partial charge >= 0.3 is 6.61 Å². The minimum absolute atomic E-state index is 0.109. The van der Waals surface area contributed by atoms with Gasteiger partial charge in [-0.25, -0.2) is 0 Å². The molecule has 0 aliphatic heterocycles. The number of para-hydroxylation sites is 2. The minimum Gasteiger partial charge on any atom is -0.433 e. The quantitative estimate of drug-likeness (QED) is 0.809. The van der Waals surface area contributed by atoms with Gasteiger partial charge in [0.25, 0.3) is 0 Å². The van der Waals surface area contributed by atoms with Crippen LogP contribution in [0, 0.1) is 0 Å². The Hall–Kier alpha value is -1.36. The summed E-state index contributed by atoms with van der Waals surface area (Å²) < 4.78 is 28.6. The van der Waals surface area contributed by atoms with Gasteiger partial charge in [-0.1, -0.05) is 12.1 Å². The fourth-order valence-corrected chi connectivity index (χ4v) is 1.31. The molecule has 0 aliphatic carbocycles. The molecule has 0 unspecified atom stereocenters. The standard InChI is InChI=1S/C12H17F2NO2/c1-12(2,16)7-8-15-9-5-3-4-6-10(9)17-11(13)14/h3-6,11,15-16H,7-8H2,1-2H3. The van der Waals surface area contributed by atoms with E-state index in [9.17, 15) is 13.9 Å². The van der Waals surface area contributed by atoms with Crippen LogP contribution in [-0.2, 0) is 0 Å². The predicted molar refractivity (Wildman–Crippen MR) is 62.5 cm³/mol. The third-order valence-corrected chi connectivity index (χ3v) is 2.16. The highest BCUT2D eigenvalue weighted by atomic mass is 19.3. The Labute approximate surface area is 99.4 Å². The van der Waals surface area contributed by atoms with E-state index in [2.05, 4.69) is 10.1 Å². The number of rotatable bonds is 6. The van der Waals surface area contributed by atoms with Gasteiger partial charge in [-0.3, -0.25) is 0 Å². The van der Waals surface area contributed by atoms with Crippen LogP contribution in [0.1, 0.15) is 20.3 Å². The summed E-state index contributed by atoms with van der Waals surface area (Å²) in [5.41, 5.74) is -0.289. The molecule has 0 aliphatic rings. The van der Waals surface area contributed by atoms with Crippen molar-refractivity contribution in [1.29, 1.82) is 0 Å². The van der Waals surface area contributed by atoms with Crippen LogP contribution in [-0.4, -0.2) is 23.9 Å². The molecular formula is C12H17F2NO2. The van der Waals surface area contributed by atoms with Gasteiger partial charge in [-0.2, -0.15) is 8.78 Å². The summed E-state index contributed by atoms with van der Waals surface area (Å²) in [4.78, 5) is 0. The van der Waals surface area contributed by atoms with E-state index >= 15 is 0 Å². The van der Waals surface area contributed by atoms with Crippen LogP contribution in [0.3, 0.4) is 0 Å². The molecule has 0 saturated carbocycles. The summed E-state index contributed by atoms with van der Waals surface area (Å²) >= 11 is 0. The van der Waals surface area contributed by atoms with Crippen molar-refractivity contribution in [1.82, 2.24) is 0 Å². The molecule has 1 rings (SSSR count). The summed E-state index contributed by atoms with van der Waals surface area (Å²) in [5.74, 6) is 0.109. The lowest BCUT2D eigenvalue weighted by Gasteiger charge is -2.18. The van der Waals surface area contributed by atoms with Crippen molar-refractivity contribution in [2.75, 3.05) is 11.9 Å². The summed E-state index contributed by atoms with van der Waals surface area (Å²) in [6, 6.07) is 6.48. The van der Waals surface area contributed by atoms with Gasteiger partial charge in [0.15, 0.2) is 0 Å². The van der Waals surface area contributed by atoms with Gasteiger partial charge < -0.3 is 15.2 Å². The summed E-state index contributed by atoms with van der Waals surface area (Å²) in [5, 5.41) is 12.5. The molecule has 0 fully saturated rings. The SMILES string of the molecule is CC(C)(O)CCNc1ccccc1OC(F)F. The van der Waals surface area contributed by atoms with Crippen LogP contribution in [0.15, 0.2) is 24.3 Å². The molecule has 0 atom stereocenters. The molecule has 0 spiro atoms. The second-order valence-electron chi connectivity index (χ2n) is 4.36. The Morgan fingerprint density at radius 1 is 1.35 bits per heavy atom. The Balaban J connectivity index is 2.58. The van der Waals surface area contributed by atoms with E-state index in [0.29, 0.717) is 18.7 Å². The van der Waals surface area contributed by atoms with Crippen LogP contribution < -0.4 is 10.1 Å². The van der Waals surface area contributed by atoms with Gasteiger partial charge in [-0.05, 0) is 32.4 Å². The van der Waals surface area contributed by atoms with Crippen molar-refractivity contribution in [3.63, 3.8) is 0 Å². The number of benzene rings is 1. The summed E-state index contributed by atoms with van der Waals surface area (Å²) in [7, 11) is 0. The first kappa shape index (κ1) is 13.7. The largest absolute Gasteiger partial charge is 0.433 e. The number of hydrogen-bond acceptors (Lipinski definition) is 3. The van der Waals surface area contributed by atoms with Gasteiger partial charge in [-0.15, -0.1) is 0 Å². The molecule has 0 heterocycles. The second-order valence-corrected chi connectivity index (χ2v) is 4.36. The topological polar surface area (TPSA) is 41.5 Å². The lowest BCUT2D eigenvalue weighted by Crippen LogP contribution is -2.22. The summed E-state index contributed by atoms with van der Waals surface area (Å²) in [6.07, 6.45) is 0.510. The van der Waals surface area contributed by atoms with Crippen molar-refractivity contribution in [3.05, 3.63) is 24.3 Å². The molecule has 1 aromatic carbocycles. The molecule has 96 valence electrons. The number of ether oxygens (including phenoxy) is 1. The maximum Gasteiger partial charge on any atom is 0.387 e. The first-order chi connectivity index (χ1) is 7.88. The van der Waals surface area contributed by atoms with E-state index in [-0.39, 0.29) is 5.75 Å². The van der Waals surface area contributed by atoms with E-state index in [4.69, 9.17) is 0 Å². The molecule has 0 aromatic heterocycles. The first-order valence-corrected chi connectivity index (χ1v) is 5.38. The second kappa shape index (κ2) is 5.82.